The van der Waals surface area contributed by atoms with Gasteiger partial charge in [0, 0.05) is 30.6 Å². The van der Waals surface area contributed by atoms with Gasteiger partial charge in [0.25, 0.3) is 5.91 Å². The largest absolute Gasteiger partial charge is 0.497 e. The SMILES string of the molecule is COc1cccc(-c2noc(CCN(CC(C)C)C(=O)c3ccc(C)cc3)n2)c1. The molecule has 2 aromatic carbocycles. The monoisotopic (exact) mass is 393 g/mol. The van der Waals surface area contributed by atoms with Crippen LogP contribution in [0.5, 0.6) is 5.75 Å². The van der Waals surface area contributed by atoms with E-state index in [9.17, 15) is 4.79 Å². The predicted molar refractivity (Wildman–Crippen MR) is 112 cm³/mol. The van der Waals surface area contributed by atoms with Crippen LogP contribution in [0.4, 0.5) is 0 Å². The van der Waals surface area contributed by atoms with Gasteiger partial charge >= 0.3 is 0 Å². The van der Waals surface area contributed by atoms with E-state index in [1.165, 1.54) is 0 Å². The van der Waals surface area contributed by atoms with Crippen LogP contribution in [-0.4, -0.2) is 41.1 Å². The molecule has 0 fully saturated rings. The second-order valence-corrected chi connectivity index (χ2v) is 7.50. The molecule has 3 aromatic rings. The molecule has 0 bridgehead atoms. The summed E-state index contributed by atoms with van der Waals surface area (Å²) < 4.78 is 10.7. The van der Waals surface area contributed by atoms with Crippen LogP contribution in [-0.2, 0) is 6.42 Å². The molecule has 0 spiro atoms. The first-order chi connectivity index (χ1) is 14.0. The summed E-state index contributed by atoms with van der Waals surface area (Å²) >= 11 is 0. The summed E-state index contributed by atoms with van der Waals surface area (Å²) in [5, 5.41) is 4.07. The van der Waals surface area contributed by atoms with Crippen LogP contribution in [0.2, 0.25) is 0 Å². The Balaban J connectivity index is 1.70. The smallest absolute Gasteiger partial charge is 0.253 e. The maximum atomic E-state index is 13.0. The van der Waals surface area contributed by atoms with Gasteiger partial charge in [-0.25, -0.2) is 0 Å². The fourth-order valence-corrected chi connectivity index (χ4v) is 3.06. The number of carbonyl (C=O) groups is 1. The summed E-state index contributed by atoms with van der Waals surface area (Å²) in [5.74, 6) is 2.14. The maximum Gasteiger partial charge on any atom is 0.253 e. The molecule has 1 aromatic heterocycles. The number of aromatic nitrogens is 2. The summed E-state index contributed by atoms with van der Waals surface area (Å²) in [6, 6.07) is 15.2. The van der Waals surface area contributed by atoms with Crippen molar-refractivity contribution in [1.82, 2.24) is 15.0 Å². The minimum atomic E-state index is 0.0197. The Bertz CT molecular complexity index is 948. The molecule has 0 saturated heterocycles. The van der Waals surface area contributed by atoms with Gasteiger partial charge < -0.3 is 14.2 Å². The number of hydrogen-bond acceptors (Lipinski definition) is 5. The quantitative estimate of drug-likeness (QED) is 0.568. The minimum absolute atomic E-state index is 0.0197. The molecule has 0 aliphatic carbocycles. The summed E-state index contributed by atoms with van der Waals surface area (Å²) in [5.41, 5.74) is 2.65. The van der Waals surface area contributed by atoms with E-state index in [0.29, 0.717) is 42.7 Å². The standard InChI is InChI=1S/C23H27N3O3/c1-16(2)15-26(23(27)18-10-8-17(3)9-11-18)13-12-21-24-22(25-29-21)19-6-5-7-20(14-19)28-4/h5-11,14,16H,12-13,15H2,1-4H3. The second-order valence-electron chi connectivity index (χ2n) is 7.50. The Morgan fingerprint density at radius 2 is 1.93 bits per heavy atom. The van der Waals surface area contributed by atoms with Crippen molar-refractivity contribution in [1.29, 1.82) is 0 Å². The van der Waals surface area contributed by atoms with Crippen LogP contribution in [0.3, 0.4) is 0 Å². The molecular formula is C23H27N3O3. The van der Waals surface area contributed by atoms with E-state index >= 15 is 0 Å². The fraction of sp³-hybridized carbons (Fsp3) is 0.348. The van der Waals surface area contributed by atoms with Gasteiger partial charge in [-0.1, -0.05) is 48.8 Å². The second kappa shape index (κ2) is 9.37. The van der Waals surface area contributed by atoms with Crippen molar-refractivity contribution < 1.29 is 14.1 Å². The maximum absolute atomic E-state index is 13.0. The number of aryl methyl sites for hydroxylation is 1. The number of hydrogen-bond donors (Lipinski definition) is 0. The summed E-state index contributed by atoms with van der Waals surface area (Å²) in [6.07, 6.45) is 0.501. The zero-order valence-corrected chi connectivity index (χ0v) is 17.4. The number of methoxy groups -OCH3 is 1. The van der Waals surface area contributed by atoms with Crippen molar-refractivity contribution in [3.05, 3.63) is 65.5 Å². The third-order valence-corrected chi connectivity index (χ3v) is 4.56. The molecular weight excluding hydrogens is 366 g/mol. The zero-order valence-electron chi connectivity index (χ0n) is 17.4. The topological polar surface area (TPSA) is 68.5 Å². The van der Waals surface area contributed by atoms with Gasteiger partial charge in [0.05, 0.1) is 7.11 Å². The van der Waals surface area contributed by atoms with E-state index in [1.54, 1.807) is 7.11 Å². The lowest BCUT2D eigenvalue weighted by Gasteiger charge is -2.24. The minimum Gasteiger partial charge on any atom is -0.497 e. The summed E-state index contributed by atoms with van der Waals surface area (Å²) in [7, 11) is 1.62. The highest BCUT2D eigenvalue weighted by Crippen LogP contribution is 2.21. The normalized spacial score (nSPS) is 10.9. The molecule has 6 nitrogen and oxygen atoms in total. The molecule has 152 valence electrons. The Labute approximate surface area is 171 Å². The first kappa shape index (κ1) is 20.6. The van der Waals surface area contributed by atoms with Gasteiger partial charge in [-0.05, 0) is 37.1 Å². The Morgan fingerprint density at radius 3 is 2.62 bits per heavy atom. The van der Waals surface area contributed by atoms with Crippen LogP contribution in [0.1, 0.15) is 35.7 Å². The molecule has 1 heterocycles. The first-order valence-electron chi connectivity index (χ1n) is 9.79. The summed E-state index contributed by atoms with van der Waals surface area (Å²) in [6.45, 7) is 7.40. The number of carbonyl (C=O) groups excluding carboxylic acids is 1. The first-order valence-corrected chi connectivity index (χ1v) is 9.79. The van der Waals surface area contributed by atoms with Crippen LogP contribution in [0.15, 0.2) is 53.1 Å². The van der Waals surface area contributed by atoms with Crippen LogP contribution in [0, 0.1) is 12.8 Å². The number of ether oxygens (including phenoxy) is 1. The zero-order chi connectivity index (χ0) is 20.8. The van der Waals surface area contributed by atoms with Crippen molar-refractivity contribution in [3.8, 4) is 17.1 Å². The third kappa shape index (κ3) is 5.44. The highest BCUT2D eigenvalue weighted by atomic mass is 16.5. The highest BCUT2D eigenvalue weighted by molar-refractivity contribution is 5.94. The highest BCUT2D eigenvalue weighted by Gasteiger charge is 2.18. The van der Waals surface area contributed by atoms with Crippen molar-refractivity contribution in [2.24, 2.45) is 5.92 Å². The number of nitrogens with zero attached hydrogens (tertiary/aromatic N) is 3. The molecule has 0 N–H and O–H groups in total. The van der Waals surface area contributed by atoms with Crippen LogP contribution < -0.4 is 4.74 Å². The van der Waals surface area contributed by atoms with E-state index in [4.69, 9.17) is 9.26 Å². The van der Waals surface area contributed by atoms with Gasteiger partial charge in [-0.3, -0.25) is 4.79 Å². The van der Waals surface area contributed by atoms with Gasteiger partial charge in [-0.15, -0.1) is 0 Å². The average Bonchev–Trinajstić information content (AvgIpc) is 3.20. The van der Waals surface area contributed by atoms with Gasteiger partial charge in [-0.2, -0.15) is 4.98 Å². The van der Waals surface area contributed by atoms with Crippen molar-refractivity contribution in [2.75, 3.05) is 20.2 Å². The van der Waals surface area contributed by atoms with E-state index in [2.05, 4.69) is 24.0 Å². The fourth-order valence-electron chi connectivity index (χ4n) is 3.06. The van der Waals surface area contributed by atoms with Crippen molar-refractivity contribution in [3.63, 3.8) is 0 Å². The number of rotatable bonds is 8. The molecule has 0 atom stereocenters. The number of benzene rings is 2. The third-order valence-electron chi connectivity index (χ3n) is 4.56. The average molecular weight is 393 g/mol. The molecule has 6 heteroatoms. The van der Waals surface area contributed by atoms with E-state index in [1.807, 2.05) is 60.4 Å². The summed E-state index contributed by atoms with van der Waals surface area (Å²) in [4.78, 5) is 19.3. The van der Waals surface area contributed by atoms with E-state index in [0.717, 1.165) is 16.9 Å². The Kier molecular flexibility index (Phi) is 6.65. The Hall–Kier alpha value is -3.15. The van der Waals surface area contributed by atoms with Gasteiger partial charge in [0.2, 0.25) is 11.7 Å². The van der Waals surface area contributed by atoms with Crippen molar-refractivity contribution in [2.45, 2.75) is 27.2 Å². The molecule has 0 radical (unpaired) electrons. The van der Waals surface area contributed by atoms with Crippen LogP contribution in [0.25, 0.3) is 11.4 Å². The Morgan fingerprint density at radius 1 is 1.17 bits per heavy atom. The molecule has 0 aliphatic heterocycles. The lowest BCUT2D eigenvalue weighted by atomic mass is 10.1. The molecule has 0 saturated carbocycles. The van der Waals surface area contributed by atoms with Crippen LogP contribution >= 0.6 is 0 Å². The lowest BCUT2D eigenvalue weighted by Crippen LogP contribution is -2.36. The number of amides is 1. The molecule has 0 aliphatic rings. The molecule has 29 heavy (non-hydrogen) atoms. The lowest BCUT2D eigenvalue weighted by molar-refractivity contribution is 0.0734. The van der Waals surface area contributed by atoms with Gasteiger partial charge in [0.15, 0.2) is 0 Å². The molecule has 3 rings (SSSR count). The molecule has 0 unspecified atom stereocenters. The van der Waals surface area contributed by atoms with Gasteiger partial charge in [0.1, 0.15) is 5.75 Å². The van der Waals surface area contributed by atoms with E-state index < -0.39 is 0 Å². The van der Waals surface area contributed by atoms with Crippen molar-refractivity contribution >= 4 is 5.91 Å². The predicted octanol–water partition coefficient (Wildman–Crippen LogP) is 4.39. The van der Waals surface area contributed by atoms with E-state index in [-0.39, 0.29) is 5.91 Å². The molecule has 1 amide bonds.